The number of nitrogens with two attached hydrogens (primary N) is 1. The molecule has 0 aliphatic carbocycles. The normalized spacial score (nSPS) is 11.6. The molecular weight excluding hydrogens is 354 g/mol. The van der Waals surface area contributed by atoms with E-state index in [4.69, 9.17) is 10.5 Å². The number of allylic oxidation sites excluding steroid dienone is 1. The van der Waals surface area contributed by atoms with E-state index in [-0.39, 0.29) is 24.2 Å². The SMILES string of the molecule is CC(=O)OCCC(SC(C)=O)=C(C)N(Cc1ccc(C)nc1N)C(C)=O. The van der Waals surface area contributed by atoms with Crippen molar-refractivity contribution in [2.45, 2.75) is 47.6 Å². The lowest BCUT2D eigenvalue weighted by molar-refractivity contribution is -0.140. The molecule has 1 rings (SSSR count). The van der Waals surface area contributed by atoms with Gasteiger partial charge in [0.25, 0.3) is 0 Å². The van der Waals surface area contributed by atoms with Crippen LogP contribution < -0.4 is 5.73 Å². The van der Waals surface area contributed by atoms with Crippen molar-refractivity contribution < 1.29 is 19.1 Å². The van der Waals surface area contributed by atoms with Gasteiger partial charge in [0.05, 0.1) is 13.2 Å². The van der Waals surface area contributed by atoms with E-state index in [9.17, 15) is 14.4 Å². The average Bonchev–Trinajstić information content (AvgIpc) is 2.51. The van der Waals surface area contributed by atoms with Gasteiger partial charge in [0.1, 0.15) is 5.82 Å². The number of hydrogen-bond acceptors (Lipinski definition) is 7. The molecule has 0 aliphatic heterocycles. The zero-order chi connectivity index (χ0) is 19.9. The van der Waals surface area contributed by atoms with Gasteiger partial charge >= 0.3 is 5.97 Å². The fraction of sp³-hybridized carbons (Fsp3) is 0.444. The first-order chi connectivity index (χ1) is 12.1. The molecule has 1 amide bonds. The van der Waals surface area contributed by atoms with Gasteiger partial charge in [0.15, 0.2) is 5.12 Å². The Bertz CT molecular complexity index is 731. The highest BCUT2D eigenvalue weighted by molar-refractivity contribution is 8.16. The van der Waals surface area contributed by atoms with Gasteiger partial charge in [-0.05, 0) is 19.9 Å². The molecule has 0 saturated carbocycles. The predicted octanol–water partition coefficient (Wildman–Crippen LogP) is 2.79. The van der Waals surface area contributed by atoms with Gasteiger partial charge < -0.3 is 15.4 Å². The lowest BCUT2D eigenvalue weighted by Gasteiger charge is -2.25. The second-order valence-electron chi connectivity index (χ2n) is 5.79. The summed E-state index contributed by atoms with van der Waals surface area (Å²) < 4.78 is 4.96. The highest BCUT2D eigenvalue weighted by Gasteiger charge is 2.19. The summed E-state index contributed by atoms with van der Waals surface area (Å²) in [6.07, 6.45) is 0.348. The minimum absolute atomic E-state index is 0.109. The summed E-state index contributed by atoms with van der Waals surface area (Å²) in [4.78, 5) is 41.2. The highest BCUT2D eigenvalue weighted by atomic mass is 32.2. The van der Waals surface area contributed by atoms with E-state index in [0.717, 1.165) is 23.0 Å². The lowest BCUT2D eigenvalue weighted by atomic mass is 10.2. The summed E-state index contributed by atoms with van der Waals surface area (Å²) in [6.45, 7) is 8.21. The fourth-order valence-electron chi connectivity index (χ4n) is 2.29. The average molecular weight is 379 g/mol. The number of nitrogens with zero attached hydrogens (tertiary/aromatic N) is 2. The molecule has 0 fully saturated rings. The minimum atomic E-state index is -0.392. The quantitative estimate of drug-likeness (QED) is 0.727. The molecule has 142 valence electrons. The Morgan fingerprint density at radius 3 is 2.35 bits per heavy atom. The van der Waals surface area contributed by atoms with Crippen LogP contribution in [0.4, 0.5) is 5.82 Å². The minimum Gasteiger partial charge on any atom is -0.466 e. The summed E-state index contributed by atoms with van der Waals surface area (Å²) in [5.41, 5.74) is 8.10. The molecule has 0 bridgehead atoms. The van der Waals surface area contributed by atoms with E-state index in [1.54, 1.807) is 11.8 Å². The first kappa shape index (κ1) is 21.7. The summed E-state index contributed by atoms with van der Waals surface area (Å²) in [6, 6.07) is 3.66. The molecular formula is C18H25N3O4S. The standard InChI is InChI=1S/C18H25N3O4S/c1-11-6-7-16(18(19)20-11)10-21(13(3)22)12(2)17(26-15(5)24)8-9-25-14(4)23/h6-7H,8-10H2,1-5H3,(H2,19,20). The van der Waals surface area contributed by atoms with Crippen LogP contribution in [0.15, 0.2) is 22.7 Å². The number of aryl methyl sites for hydroxylation is 1. The number of amides is 1. The topological polar surface area (TPSA) is 103 Å². The van der Waals surface area contributed by atoms with Gasteiger partial charge in [-0.1, -0.05) is 17.8 Å². The van der Waals surface area contributed by atoms with Crippen molar-refractivity contribution in [2.75, 3.05) is 12.3 Å². The summed E-state index contributed by atoms with van der Waals surface area (Å²) >= 11 is 1.03. The van der Waals surface area contributed by atoms with Gasteiger partial charge in [-0.3, -0.25) is 14.4 Å². The number of thioether (sulfide) groups is 1. The van der Waals surface area contributed by atoms with E-state index >= 15 is 0 Å². The largest absolute Gasteiger partial charge is 0.466 e. The molecule has 8 heteroatoms. The Morgan fingerprint density at radius 2 is 1.85 bits per heavy atom. The number of pyridine rings is 1. The fourth-order valence-corrected chi connectivity index (χ4v) is 3.08. The molecule has 2 N–H and O–H groups in total. The van der Waals surface area contributed by atoms with Crippen molar-refractivity contribution in [3.05, 3.63) is 34.0 Å². The third kappa shape index (κ3) is 6.87. The van der Waals surface area contributed by atoms with E-state index in [1.807, 2.05) is 19.1 Å². The highest BCUT2D eigenvalue weighted by Crippen LogP contribution is 2.28. The van der Waals surface area contributed by atoms with Crippen molar-refractivity contribution in [2.24, 2.45) is 0 Å². The zero-order valence-electron chi connectivity index (χ0n) is 15.8. The van der Waals surface area contributed by atoms with Crippen molar-refractivity contribution >= 4 is 34.6 Å². The van der Waals surface area contributed by atoms with E-state index in [1.165, 1.54) is 20.8 Å². The maximum Gasteiger partial charge on any atom is 0.302 e. The molecule has 0 atom stereocenters. The molecule has 7 nitrogen and oxygen atoms in total. The van der Waals surface area contributed by atoms with Crippen LogP contribution in [-0.2, 0) is 25.7 Å². The van der Waals surface area contributed by atoms with Crippen LogP contribution in [0.5, 0.6) is 0 Å². The number of esters is 1. The molecule has 0 saturated heterocycles. The maximum atomic E-state index is 12.2. The van der Waals surface area contributed by atoms with Crippen molar-refractivity contribution in [3.63, 3.8) is 0 Å². The smallest absolute Gasteiger partial charge is 0.302 e. The van der Waals surface area contributed by atoms with Crippen LogP contribution in [0.25, 0.3) is 0 Å². The number of nitrogen functional groups attached to an aromatic ring is 1. The second-order valence-corrected chi connectivity index (χ2v) is 7.07. The second kappa shape index (κ2) is 9.96. The molecule has 1 aromatic rings. The van der Waals surface area contributed by atoms with Crippen LogP contribution in [0.2, 0.25) is 0 Å². The third-order valence-electron chi connectivity index (χ3n) is 3.57. The van der Waals surface area contributed by atoms with Gasteiger partial charge in [0.2, 0.25) is 5.91 Å². The van der Waals surface area contributed by atoms with Gasteiger partial charge in [-0.25, -0.2) is 4.98 Å². The molecule has 1 aromatic heterocycles. The van der Waals surface area contributed by atoms with Crippen molar-refractivity contribution in [1.29, 1.82) is 0 Å². The molecule has 0 spiro atoms. The molecule has 1 heterocycles. The van der Waals surface area contributed by atoms with Crippen LogP contribution in [0.3, 0.4) is 0 Å². The molecule has 0 aromatic carbocycles. The lowest BCUT2D eigenvalue weighted by Crippen LogP contribution is -2.28. The number of aromatic nitrogens is 1. The molecule has 0 aliphatic rings. The number of ether oxygens (including phenoxy) is 1. The third-order valence-corrected chi connectivity index (χ3v) is 4.60. The molecule has 0 radical (unpaired) electrons. The number of anilines is 1. The first-order valence-corrected chi connectivity index (χ1v) is 8.95. The number of rotatable bonds is 7. The van der Waals surface area contributed by atoms with E-state index in [2.05, 4.69) is 4.98 Å². The monoisotopic (exact) mass is 379 g/mol. The first-order valence-electron chi connectivity index (χ1n) is 8.13. The van der Waals surface area contributed by atoms with Crippen LogP contribution in [-0.4, -0.2) is 33.5 Å². The maximum absolute atomic E-state index is 12.2. The number of hydrogen-bond donors (Lipinski definition) is 1. The zero-order valence-corrected chi connectivity index (χ0v) is 16.6. The Balaban J connectivity index is 3.14. The Hall–Kier alpha value is -2.35. The number of carbonyl (C=O) groups is 3. The van der Waals surface area contributed by atoms with Gasteiger partial charge in [-0.15, -0.1) is 0 Å². The van der Waals surface area contributed by atoms with Gasteiger partial charge in [0, 0.05) is 49.1 Å². The van der Waals surface area contributed by atoms with Crippen LogP contribution >= 0.6 is 11.8 Å². The number of carbonyl (C=O) groups excluding carboxylic acids is 3. The summed E-state index contributed by atoms with van der Waals surface area (Å²) in [5, 5.41) is -0.109. The van der Waals surface area contributed by atoms with Crippen LogP contribution in [0.1, 0.15) is 45.4 Å². The molecule has 26 heavy (non-hydrogen) atoms. The van der Waals surface area contributed by atoms with Crippen molar-refractivity contribution in [3.8, 4) is 0 Å². The van der Waals surface area contributed by atoms with E-state index in [0.29, 0.717) is 22.8 Å². The molecule has 0 unspecified atom stereocenters. The van der Waals surface area contributed by atoms with Gasteiger partial charge in [-0.2, -0.15) is 0 Å². The summed E-state index contributed by atoms with van der Waals surface area (Å²) in [7, 11) is 0. The Kier molecular flexibility index (Phi) is 8.31. The summed E-state index contributed by atoms with van der Waals surface area (Å²) in [5.74, 6) is -0.210. The van der Waals surface area contributed by atoms with E-state index < -0.39 is 5.97 Å². The predicted molar refractivity (Wildman–Crippen MR) is 102 cm³/mol. The van der Waals surface area contributed by atoms with Crippen molar-refractivity contribution in [1.82, 2.24) is 9.88 Å². The Morgan fingerprint density at radius 1 is 1.19 bits per heavy atom. The Labute approximate surface area is 158 Å². The van der Waals surface area contributed by atoms with Crippen LogP contribution in [0, 0.1) is 6.92 Å².